The molecule has 3 rings (SSSR count). The van der Waals surface area contributed by atoms with Crippen LogP contribution in [0.3, 0.4) is 0 Å². The second kappa shape index (κ2) is 13.7. The van der Waals surface area contributed by atoms with Crippen molar-refractivity contribution in [2.45, 2.75) is 25.4 Å². The Morgan fingerprint density at radius 3 is 2.36 bits per heavy atom. The molecular weight excluding hydrogens is 463 g/mol. The number of nitrogens with zero attached hydrogens (tertiary/aromatic N) is 2. The Hall–Kier alpha value is -4.11. The van der Waals surface area contributed by atoms with Gasteiger partial charge in [-0.25, -0.2) is 9.37 Å². The van der Waals surface area contributed by atoms with Gasteiger partial charge in [0.05, 0.1) is 6.61 Å². The van der Waals surface area contributed by atoms with Crippen LogP contribution in [0.2, 0.25) is 0 Å². The van der Waals surface area contributed by atoms with Gasteiger partial charge in [0.25, 0.3) is 0 Å². The molecule has 2 N–H and O–H groups in total. The van der Waals surface area contributed by atoms with Gasteiger partial charge in [-0.2, -0.15) is 0 Å². The molecule has 0 fully saturated rings. The highest BCUT2D eigenvalue weighted by Crippen LogP contribution is 2.23. The summed E-state index contributed by atoms with van der Waals surface area (Å²) in [6.45, 7) is 0.545. The van der Waals surface area contributed by atoms with Crippen molar-refractivity contribution < 1.29 is 23.5 Å². The molecule has 1 aromatic heterocycles. The number of hydrogen-bond donors (Lipinski definition) is 2. The molecule has 0 spiro atoms. The summed E-state index contributed by atoms with van der Waals surface area (Å²) < 4.78 is 18.8. The molecule has 1 atom stereocenters. The van der Waals surface area contributed by atoms with E-state index in [1.165, 1.54) is 36.3 Å². The molecule has 2 aromatic carbocycles. The van der Waals surface area contributed by atoms with Crippen LogP contribution in [0.25, 0.3) is 0 Å². The zero-order valence-corrected chi connectivity index (χ0v) is 20.0. The molecule has 0 saturated heterocycles. The molecule has 0 bridgehead atoms. The van der Waals surface area contributed by atoms with Gasteiger partial charge in [-0.15, -0.1) is 0 Å². The Morgan fingerprint density at radius 1 is 0.972 bits per heavy atom. The molecule has 3 aromatic rings. The maximum atomic E-state index is 13.6. The first-order valence-electron chi connectivity index (χ1n) is 11.5. The normalized spacial score (nSPS) is 11.4. The van der Waals surface area contributed by atoms with Gasteiger partial charge in [-0.3, -0.25) is 14.4 Å². The van der Waals surface area contributed by atoms with Crippen LogP contribution in [0, 0.1) is 5.82 Å². The average Bonchev–Trinajstić information content (AvgIpc) is 2.90. The van der Waals surface area contributed by atoms with Crippen LogP contribution in [-0.2, 0) is 25.7 Å². The second-order valence-corrected chi connectivity index (χ2v) is 8.00. The van der Waals surface area contributed by atoms with E-state index >= 15 is 0 Å². The molecule has 0 saturated carbocycles. The fourth-order valence-electron chi connectivity index (χ4n) is 3.59. The molecule has 0 unspecified atom stereocenters. The van der Waals surface area contributed by atoms with Crippen molar-refractivity contribution in [3.8, 4) is 0 Å². The third-order valence-electron chi connectivity index (χ3n) is 5.41. The summed E-state index contributed by atoms with van der Waals surface area (Å²) in [5.74, 6) is -1.28. The fraction of sp³-hybridized carbons (Fsp3) is 0.259. The van der Waals surface area contributed by atoms with Crippen molar-refractivity contribution in [3.63, 3.8) is 0 Å². The Labute approximate surface area is 209 Å². The number of amides is 3. The molecule has 9 heteroatoms. The monoisotopic (exact) mass is 492 g/mol. The van der Waals surface area contributed by atoms with Gasteiger partial charge >= 0.3 is 0 Å². The summed E-state index contributed by atoms with van der Waals surface area (Å²) in [6.07, 6.45) is 1.32. The molecule has 0 radical (unpaired) electrons. The molecule has 8 nitrogen and oxygen atoms in total. The van der Waals surface area contributed by atoms with E-state index in [1.54, 1.807) is 24.4 Å². The topological polar surface area (TPSA) is 101 Å². The van der Waals surface area contributed by atoms with Gasteiger partial charge in [-0.05, 0) is 35.4 Å². The highest BCUT2D eigenvalue weighted by Gasteiger charge is 2.31. The maximum absolute atomic E-state index is 13.6. The van der Waals surface area contributed by atoms with Crippen molar-refractivity contribution in [2.75, 3.05) is 25.6 Å². The van der Waals surface area contributed by atoms with Crippen molar-refractivity contribution in [1.29, 1.82) is 0 Å². The number of methoxy groups -OCH3 is 1. The van der Waals surface area contributed by atoms with Crippen LogP contribution in [-0.4, -0.2) is 47.9 Å². The lowest BCUT2D eigenvalue weighted by molar-refractivity contribution is -0.142. The second-order valence-electron chi connectivity index (χ2n) is 8.00. The van der Waals surface area contributed by atoms with Gasteiger partial charge in [0.1, 0.15) is 17.7 Å². The van der Waals surface area contributed by atoms with Gasteiger partial charge in [0.2, 0.25) is 17.7 Å². The number of aromatic nitrogens is 1. The third kappa shape index (κ3) is 7.99. The van der Waals surface area contributed by atoms with E-state index in [4.69, 9.17) is 4.74 Å². The summed E-state index contributed by atoms with van der Waals surface area (Å²) in [7, 11) is 1.49. The summed E-state index contributed by atoms with van der Waals surface area (Å²) >= 11 is 0. The van der Waals surface area contributed by atoms with Crippen LogP contribution in [0.4, 0.5) is 10.2 Å². The zero-order valence-electron chi connectivity index (χ0n) is 20.0. The third-order valence-corrected chi connectivity index (χ3v) is 5.41. The number of rotatable bonds is 12. The van der Waals surface area contributed by atoms with E-state index in [-0.39, 0.29) is 38.4 Å². The number of benzene rings is 2. The Balaban J connectivity index is 1.77. The minimum Gasteiger partial charge on any atom is -0.383 e. The minimum atomic E-state index is -1.03. The van der Waals surface area contributed by atoms with E-state index in [2.05, 4.69) is 15.6 Å². The van der Waals surface area contributed by atoms with Gasteiger partial charge in [0, 0.05) is 39.2 Å². The molecule has 188 valence electrons. The molecule has 36 heavy (non-hydrogen) atoms. The van der Waals surface area contributed by atoms with Gasteiger partial charge in [0.15, 0.2) is 0 Å². The number of hydrogen-bond acceptors (Lipinski definition) is 5. The molecule has 0 aliphatic rings. The smallest absolute Gasteiger partial charge is 0.247 e. The van der Waals surface area contributed by atoms with E-state index < -0.39 is 23.7 Å². The number of nitrogens with one attached hydrogen (secondary N) is 2. The Bertz CT molecular complexity index is 1130. The van der Waals surface area contributed by atoms with Crippen LogP contribution in [0.15, 0.2) is 79.0 Å². The maximum Gasteiger partial charge on any atom is 0.247 e. The first-order valence-corrected chi connectivity index (χ1v) is 11.5. The lowest BCUT2D eigenvalue weighted by atomic mass is 10.0. The summed E-state index contributed by atoms with van der Waals surface area (Å²) in [4.78, 5) is 44.4. The van der Waals surface area contributed by atoms with Crippen LogP contribution in [0.1, 0.15) is 30.0 Å². The first kappa shape index (κ1) is 26.5. The van der Waals surface area contributed by atoms with Crippen molar-refractivity contribution in [2.24, 2.45) is 0 Å². The average molecular weight is 493 g/mol. The first-order chi connectivity index (χ1) is 17.5. The molecule has 0 aliphatic heterocycles. The molecule has 3 amide bonds. The lowest BCUT2D eigenvalue weighted by Crippen LogP contribution is -2.45. The van der Waals surface area contributed by atoms with Gasteiger partial charge < -0.3 is 20.3 Å². The van der Waals surface area contributed by atoms with Crippen molar-refractivity contribution in [3.05, 3.63) is 95.9 Å². The number of ether oxygens (including phenoxy) is 1. The predicted molar refractivity (Wildman–Crippen MR) is 133 cm³/mol. The van der Waals surface area contributed by atoms with E-state index in [9.17, 15) is 18.8 Å². The standard InChI is InChI=1S/C27H29FN4O4/c1-36-18-17-32(25(34)15-14-24(33)31-23-9-5-6-16-29-23)26(21-10-12-22(28)13-11-21)27(35)30-19-20-7-3-2-4-8-20/h2-13,16,26H,14-15,17-19H2,1H3,(H,30,35)(H,29,31,33)/t26-/m0/s1. The molecule has 1 heterocycles. The van der Waals surface area contributed by atoms with Crippen LogP contribution >= 0.6 is 0 Å². The predicted octanol–water partition coefficient (Wildman–Crippen LogP) is 3.47. The minimum absolute atomic E-state index is 0.0966. The number of carbonyl (C=O) groups excluding carboxylic acids is 3. The number of pyridine rings is 1. The number of halogens is 1. The summed E-state index contributed by atoms with van der Waals surface area (Å²) in [6, 6.07) is 18.9. The summed E-state index contributed by atoms with van der Waals surface area (Å²) in [5, 5.41) is 5.51. The fourth-order valence-corrected chi connectivity index (χ4v) is 3.59. The quantitative estimate of drug-likeness (QED) is 0.403. The van der Waals surface area contributed by atoms with Crippen molar-refractivity contribution >= 4 is 23.5 Å². The lowest BCUT2D eigenvalue weighted by Gasteiger charge is -2.31. The van der Waals surface area contributed by atoms with Crippen molar-refractivity contribution in [1.82, 2.24) is 15.2 Å². The largest absolute Gasteiger partial charge is 0.383 e. The van der Waals surface area contributed by atoms with E-state index in [0.717, 1.165) is 5.56 Å². The van der Waals surface area contributed by atoms with Gasteiger partial charge in [-0.1, -0.05) is 48.5 Å². The number of carbonyl (C=O) groups is 3. The highest BCUT2D eigenvalue weighted by molar-refractivity contribution is 5.94. The van der Waals surface area contributed by atoms with Crippen LogP contribution in [0.5, 0.6) is 0 Å². The molecular formula is C27H29FN4O4. The zero-order chi connectivity index (χ0) is 25.8. The Morgan fingerprint density at radius 2 is 1.69 bits per heavy atom. The van der Waals surface area contributed by atoms with Crippen LogP contribution < -0.4 is 10.6 Å². The summed E-state index contributed by atoms with van der Waals surface area (Å²) in [5.41, 5.74) is 1.34. The Kier molecular flexibility index (Phi) is 10.1. The number of anilines is 1. The SMILES string of the molecule is COCCN(C(=O)CCC(=O)Nc1ccccn1)[C@H](C(=O)NCc1ccccc1)c1ccc(F)cc1. The van der Waals surface area contributed by atoms with E-state index in [0.29, 0.717) is 11.4 Å². The molecule has 0 aliphatic carbocycles. The highest BCUT2D eigenvalue weighted by atomic mass is 19.1. The van der Waals surface area contributed by atoms with E-state index in [1.807, 2.05) is 30.3 Å².